The molecule has 10 heteroatoms. The number of hydrogen-bond donors (Lipinski definition) is 0. The van der Waals surface area contributed by atoms with E-state index in [4.69, 9.17) is 14.7 Å². The topological polar surface area (TPSA) is 88.8 Å². The number of nitriles is 1. The molecule has 6 rings (SSSR count). The van der Waals surface area contributed by atoms with E-state index in [9.17, 15) is 14.4 Å². The molecule has 0 radical (unpaired) electrons. The van der Waals surface area contributed by atoms with E-state index in [1.54, 1.807) is 0 Å². The highest BCUT2D eigenvalue weighted by Gasteiger charge is 2.35. The number of hydrogen-bond acceptors (Lipinski definition) is 8. The number of fused-ring (bicyclic) bond motifs is 2. The zero-order valence-electron chi connectivity index (χ0n) is 26.5. The summed E-state index contributed by atoms with van der Waals surface area (Å²) in [5.41, 5.74) is 4.51. The number of benzene rings is 2. The van der Waals surface area contributed by atoms with E-state index in [1.807, 2.05) is 0 Å². The Kier molecular flexibility index (Phi) is 8.90. The largest absolute Gasteiger partial charge is 0.462 e. The fourth-order valence-corrected chi connectivity index (χ4v) is 7.13. The van der Waals surface area contributed by atoms with Crippen molar-refractivity contribution in [3.8, 4) is 12.1 Å². The van der Waals surface area contributed by atoms with Crippen LogP contribution in [0.1, 0.15) is 55.8 Å². The molecule has 2 atom stereocenters. The smallest absolute Gasteiger partial charge is 0.318 e. The summed E-state index contributed by atoms with van der Waals surface area (Å²) in [6, 6.07) is 15.4. The fraction of sp³-hybridized carbons (Fsp3) is 0.486. The van der Waals surface area contributed by atoms with Crippen molar-refractivity contribution in [3.63, 3.8) is 0 Å². The summed E-state index contributed by atoms with van der Waals surface area (Å²) in [7, 11) is 2.12. The number of ether oxygens (including phenoxy) is 1. The Bertz CT molecular complexity index is 1630. The van der Waals surface area contributed by atoms with Crippen LogP contribution in [0.25, 0.3) is 10.8 Å². The Morgan fingerprint density at radius 3 is 2.62 bits per heavy atom. The normalized spacial score (nSPS) is 20.4. The van der Waals surface area contributed by atoms with E-state index in [0.717, 1.165) is 49.4 Å². The van der Waals surface area contributed by atoms with E-state index in [2.05, 4.69) is 84.6 Å². The molecule has 2 fully saturated rings. The zero-order chi connectivity index (χ0) is 31.7. The van der Waals surface area contributed by atoms with Crippen LogP contribution in [0.2, 0.25) is 0 Å². The number of piperazine rings is 1. The number of anilines is 2. The second-order valence-electron chi connectivity index (χ2n) is 12.8. The van der Waals surface area contributed by atoms with E-state index in [0.29, 0.717) is 44.2 Å². The quantitative estimate of drug-likeness (QED) is 0.321. The first-order chi connectivity index (χ1) is 21.7. The third-order valence-electron chi connectivity index (χ3n) is 9.58. The number of nitrogens with zero attached hydrogens (tertiary/aromatic N) is 7. The molecule has 1 aromatic heterocycles. The van der Waals surface area contributed by atoms with E-state index in [1.165, 1.54) is 26.9 Å². The van der Waals surface area contributed by atoms with Gasteiger partial charge < -0.3 is 24.3 Å². The molecular formula is C35H42FN7O2. The molecule has 236 valence electrons. The number of amides is 1. The van der Waals surface area contributed by atoms with Crippen LogP contribution in [0.5, 0.6) is 6.01 Å². The summed E-state index contributed by atoms with van der Waals surface area (Å²) in [4.78, 5) is 30.8. The lowest BCUT2D eigenvalue weighted by Gasteiger charge is -2.42. The summed E-state index contributed by atoms with van der Waals surface area (Å²) in [5, 5.41) is 12.0. The van der Waals surface area contributed by atoms with Crippen molar-refractivity contribution in [2.45, 2.75) is 64.1 Å². The first kappa shape index (κ1) is 30.8. The number of likely N-dealkylation sites (tertiary alicyclic amines) is 1. The van der Waals surface area contributed by atoms with Crippen LogP contribution in [-0.2, 0) is 17.8 Å². The van der Waals surface area contributed by atoms with Crippen LogP contribution < -0.4 is 14.5 Å². The maximum atomic E-state index is 13.8. The summed E-state index contributed by atoms with van der Waals surface area (Å²) >= 11 is 0. The van der Waals surface area contributed by atoms with Crippen LogP contribution >= 0.6 is 0 Å². The Labute approximate surface area is 264 Å². The predicted molar refractivity (Wildman–Crippen MR) is 174 cm³/mol. The molecule has 2 aromatic carbocycles. The zero-order valence-corrected chi connectivity index (χ0v) is 26.5. The van der Waals surface area contributed by atoms with Gasteiger partial charge in [-0.3, -0.25) is 4.79 Å². The molecule has 45 heavy (non-hydrogen) atoms. The van der Waals surface area contributed by atoms with Crippen molar-refractivity contribution in [2.75, 3.05) is 56.2 Å². The van der Waals surface area contributed by atoms with Crippen LogP contribution in [0.15, 0.2) is 48.8 Å². The van der Waals surface area contributed by atoms with Gasteiger partial charge in [0.25, 0.3) is 5.91 Å². The van der Waals surface area contributed by atoms with Gasteiger partial charge in [0.1, 0.15) is 12.4 Å². The monoisotopic (exact) mass is 611 g/mol. The molecule has 0 aliphatic carbocycles. The minimum absolute atomic E-state index is 0.0905. The lowest BCUT2D eigenvalue weighted by molar-refractivity contribution is -0.131. The van der Waals surface area contributed by atoms with E-state index in [-0.39, 0.29) is 13.0 Å². The minimum Gasteiger partial charge on any atom is -0.462 e. The number of aromatic nitrogens is 2. The molecule has 0 spiro atoms. The Morgan fingerprint density at radius 1 is 1.11 bits per heavy atom. The summed E-state index contributed by atoms with van der Waals surface area (Å²) in [5.74, 6) is -0.594. The predicted octanol–water partition coefficient (Wildman–Crippen LogP) is 5.20. The highest BCUT2D eigenvalue weighted by atomic mass is 19.1. The first-order valence-corrected chi connectivity index (χ1v) is 16.0. The van der Waals surface area contributed by atoms with Gasteiger partial charge in [0.2, 0.25) is 0 Å². The van der Waals surface area contributed by atoms with Crippen molar-refractivity contribution in [3.05, 3.63) is 65.6 Å². The molecule has 0 bridgehead atoms. The highest BCUT2D eigenvalue weighted by molar-refractivity contribution is 5.97. The fourth-order valence-electron chi connectivity index (χ4n) is 7.13. The van der Waals surface area contributed by atoms with Gasteiger partial charge in [-0.2, -0.15) is 15.2 Å². The minimum atomic E-state index is -1.01. The van der Waals surface area contributed by atoms with Gasteiger partial charge >= 0.3 is 6.01 Å². The van der Waals surface area contributed by atoms with Crippen molar-refractivity contribution >= 4 is 28.2 Å². The molecule has 0 saturated carbocycles. The maximum absolute atomic E-state index is 13.8. The van der Waals surface area contributed by atoms with Crippen molar-refractivity contribution in [1.29, 1.82) is 5.26 Å². The van der Waals surface area contributed by atoms with Crippen LogP contribution in [-0.4, -0.2) is 84.1 Å². The van der Waals surface area contributed by atoms with Crippen LogP contribution in [0.3, 0.4) is 0 Å². The number of rotatable bonds is 8. The van der Waals surface area contributed by atoms with Crippen LogP contribution in [0.4, 0.5) is 15.9 Å². The summed E-state index contributed by atoms with van der Waals surface area (Å²) in [6.07, 6.45) is 3.05. The molecule has 3 aliphatic rings. The lowest BCUT2D eigenvalue weighted by Crippen LogP contribution is -2.55. The maximum Gasteiger partial charge on any atom is 0.318 e. The summed E-state index contributed by atoms with van der Waals surface area (Å²) < 4.78 is 20.1. The highest BCUT2D eigenvalue weighted by Crippen LogP contribution is 2.38. The second kappa shape index (κ2) is 13.0. The van der Waals surface area contributed by atoms with Crippen molar-refractivity contribution in [2.24, 2.45) is 0 Å². The van der Waals surface area contributed by atoms with Gasteiger partial charge in [0.15, 0.2) is 5.83 Å². The van der Waals surface area contributed by atoms with Gasteiger partial charge in [0, 0.05) is 48.9 Å². The first-order valence-electron chi connectivity index (χ1n) is 16.0. The third kappa shape index (κ3) is 6.19. The molecular weight excluding hydrogens is 569 g/mol. The number of carbonyl (C=O) groups excluding carboxylic acids is 1. The number of likely N-dealkylation sites (N-methyl/N-ethyl adjacent to an activating group) is 1. The molecule has 0 N–H and O–H groups in total. The molecule has 4 heterocycles. The van der Waals surface area contributed by atoms with Crippen LogP contribution in [0, 0.1) is 11.3 Å². The lowest BCUT2D eigenvalue weighted by atomic mass is 9.93. The van der Waals surface area contributed by atoms with Gasteiger partial charge in [-0.15, -0.1) is 0 Å². The van der Waals surface area contributed by atoms with Crippen molar-refractivity contribution < 1.29 is 13.9 Å². The van der Waals surface area contributed by atoms with E-state index < -0.39 is 17.8 Å². The van der Waals surface area contributed by atoms with Gasteiger partial charge in [-0.1, -0.05) is 50.8 Å². The molecule has 2 unspecified atom stereocenters. The Morgan fingerprint density at radius 2 is 1.91 bits per heavy atom. The standard InChI is InChI=1S/C35H42FN7O2/c1-23(2)28-11-5-8-25-9-6-12-31(32(25)28)41-17-14-29-30(21-41)38-35(45-22-27-10-7-16-40(27)4)39-33(29)42-18-19-43(34(44)24(3)36)26(20-42)13-15-37/h5-6,8-9,11-12,23,26-27H,3,7,10,13-14,16-22H2,1-2,4H3. The van der Waals surface area contributed by atoms with Crippen molar-refractivity contribution in [1.82, 2.24) is 19.8 Å². The van der Waals surface area contributed by atoms with E-state index >= 15 is 0 Å². The SMILES string of the molecule is C=C(F)C(=O)N1CCN(c2nc(OCC3CCCN3C)nc3c2CCN(c2cccc4cccc(C(C)C)c24)C3)CC1CC#N. The molecule has 1 amide bonds. The average molecular weight is 612 g/mol. The molecule has 3 aromatic rings. The number of carbonyl (C=O) groups is 1. The second-order valence-corrected chi connectivity index (χ2v) is 12.8. The molecule has 3 aliphatic heterocycles. The Hall–Kier alpha value is -4.23. The van der Waals surface area contributed by atoms with Gasteiger partial charge in [-0.25, -0.2) is 4.39 Å². The Balaban J connectivity index is 1.35. The molecule has 2 saturated heterocycles. The molecule has 9 nitrogen and oxygen atoms in total. The van der Waals surface area contributed by atoms with Gasteiger partial charge in [0.05, 0.1) is 30.8 Å². The van der Waals surface area contributed by atoms with Gasteiger partial charge in [-0.05, 0) is 55.8 Å². The average Bonchev–Trinajstić information content (AvgIpc) is 3.46. The third-order valence-corrected chi connectivity index (χ3v) is 9.58. The summed E-state index contributed by atoms with van der Waals surface area (Å²) in [6.45, 7) is 11.7. The number of halogens is 1.